The van der Waals surface area contributed by atoms with Crippen molar-refractivity contribution in [1.82, 2.24) is 0 Å². The molecule has 2 N–H and O–H groups in total. The number of amides is 2. The van der Waals surface area contributed by atoms with Gasteiger partial charge in [0.05, 0.1) is 11.3 Å². The lowest BCUT2D eigenvalue weighted by Gasteiger charge is -2.13. The third-order valence-electron chi connectivity index (χ3n) is 5.15. The monoisotopic (exact) mass is 386 g/mol. The highest BCUT2D eigenvalue weighted by Gasteiger charge is 2.18. The van der Waals surface area contributed by atoms with Gasteiger partial charge in [-0.05, 0) is 55.5 Å². The molecule has 5 nitrogen and oxygen atoms in total. The smallest absolute Gasteiger partial charge is 0.290 e. The molecule has 0 bridgehead atoms. The summed E-state index contributed by atoms with van der Waals surface area (Å²) in [6.07, 6.45) is 8.65. The summed E-state index contributed by atoms with van der Waals surface area (Å²) in [4.78, 5) is 25.3. The summed E-state index contributed by atoms with van der Waals surface area (Å²) < 4.78 is 1.91. The Labute approximate surface area is 170 Å². The number of rotatable bonds is 5. The fraction of sp³-hybridized carbons (Fsp3) is 0.208. The number of carbonyl (C=O) groups is 2. The summed E-state index contributed by atoms with van der Waals surface area (Å²) in [5.41, 5.74) is 4.36. The van der Waals surface area contributed by atoms with Crippen LogP contribution in [0.4, 0.5) is 11.4 Å². The van der Waals surface area contributed by atoms with E-state index in [1.807, 2.05) is 41.1 Å². The molecule has 2 amide bonds. The first kappa shape index (κ1) is 18.9. The summed E-state index contributed by atoms with van der Waals surface area (Å²) in [6, 6.07) is 18.4. The van der Waals surface area contributed by atoms with Gasteiger partial charge in [0.15, 0.2) is 12.4 Å². The van der Waals surface area contributed by atoms with Gasteiger partial charge in [-0.25, -0.2) is 0 Å². The average molecular weight is 386 g/mol. The van der Waals surface area contributed by atoms with Crippen molar-refractivity contribution in [1.29, 1.82) is 0 Å². The van der Waals surface area contributed by atoms with Crippen LogP contribution in [0, 0.1) is 0 Å². The number of nitrogens with one attached hydrogen (secondary N) is 2. The predicted octanol–water partition coefficient (Wildman–Crippen LogP) is 3.74. The number of hydrogen-bond donors (Lipinski definition) is 2. The van der Waals surface area contributed by atoms with E-state index in [-0.39, 0.29) is 18.4 Å². The Morgan fingerprint density at radius 2 is 1.55 bits per heavy atom. The molecule has 0 aliphatic heterocycles. The van der Waals surface area contributed by atoms with E-state index in [4.69, 9.17) is 0 Å². The summed E-state index contributed by atoms with van der Waals surface area (Å²) in [5.74, 6) is -0.417. The molecular formula is C24H24N3O2+. The van der Waals surface area contributed by atoms with E-state index in [2.05, 4.69) is 22.9 Å². The van der Waals surface area contributed by atoms with Crippen LogP contribution in [0.1, 0.15) is 34.3 Å². The van der Waals surface area contributed by atoms with Gasteiger partial charge < -0.3 is 10.6 Å². The zero-order valence-electron chi connectivity index (χ0n) is 16.2. The normalized spacial score (nSPS) is 12.7. The minimum Gasteiger partial charge on any atom is -0.322 e. The van der Waals surface area contributed by atoms with Crippen LogP contribution in [0.5, 0.6) is 0 Å². The van der Waals surface area contributed by atoms with Crippen LogP contribution in [-0.2, 0) is 24.2 Å². The number of aryl methyl sites for hydroxylation is 2. The Balaban J connectivity index is 1.45. The first-order valence-electron chi connectivity index (χ1n) is 9.95. The second-order valence-electron chi connectivity index (χ2n) is 7.29. The molecule has 0 atom stereocenters. The second-order valence-corrected chi connectivity index (χ2v) is 7.29. The molecule has 0 spiro atoms. The lowest BCUT2D eigenvalue weighted by atomic mass is 9.93. The first-order valence-corrected chi connectivity index (χ1v) is 9.95. The summed E-state index contributed by atoms with van der Waals surface area (Å²) in [6.45, 7) is 0.210. The highest BCUT2D eigenvalue weighted by molar-refractivity contribution is 6.10. The highest BCUT2D eigenvalue weighted by atomic mass is 16.2. The largest absolute Gasteiger partial charge is 0.322 e. The third-order valence-corrected chi connectivity index (χ3v) is 5.15. The number of para-hydroxylation sites is 2. The van der Waals surface area contributed by atoms with Crippen LogP contribution < -0.4 is 15.2 Å². The fourth-order valence-corrected chi connectivity index (χ4v) is 3.68. The van der Waals surface area contributed by atoms with Crippen molar-refractivity contribution < 1.29 is 14.2 Å². The third kappa shape index (κ3) is 4.69. The van der Waals surface area contributed by atoms with Crippen LogP contribution in [0.25, 0.3) is 0 Å². The van der Waals surface area contributed by atoms with Crippen LogP contribution >= 0.6 is 0 Å². The molecule has 0 fully saturated rings. The van der Waals surface area contributed by atoms with Crippen molar-refractivity contribution >= 4 is 23.2 Å². The maximum absolute atomic E-state index is 12.7. The molecule has 1 heterocycles. The molecule has 0 radical (unpaired) electrons. The minimum absolute atomic E-state index is 0.161. The summed E-state index contributed by atoms with van der Waals surface area (Å²) in [7, 11) is 0. The molecule has 1 aromatic heterocycles. The van der Waals surface area contributed by atoms with E-state index in [0.29, 0.717) is 16.9 Å². The number of nitrogens with zero attached hydrogens (tertiary/aromatic N) is 1. The highest BCUT2D eigenvalue weighted by Crippen LogP contribution is 2.19. The van der Waals surface area contributed by atoms with Gasteiger partial charge in [-0.2, -0.15) is 4.57 Å². The molecule has 4 rings (SSSR count). The van der Waals surface area contributed by atoms with Gasteiger partial charge in [0.25, 0.3) is 11.8 Å². The van der Waals surface area contributed by atoms with Crippen LogP contribution in [0.2, 0.25) is 0 Å². The Morgan fingerprint density at radius 3 is 2.38 bits per heavy atom. The van der Waals surface area contributed by atoms with Gasteiger partial charge >= 0.3 is 0 Å². The van der Waals surface area contributed by atoms with E-state index >= 15 is 0 Å². The van der Waals surface area contributed by atoms with E-state index in [0.717, 1.165) is 12.8 Å². The van der Waals surface area contributed by atoms with Gasteiger partial charge in [-0.1, -0.05) is 30.3 Å². The molecule has 146 valence electrons. The second kappa shape index (κ2) is 8.69. The van der Waals surface area contributed by atoms with E-state index < -0.39 is 0 Å². The molecule has 29 heavy (non-hydrogen) atoms. The van der Waals surface area contributed by atoms with Crippen molar-refractivity contribution in [3.8, 4) is 0 Å². The van der Waals surface area contributed by atoms with Gasteiger partial charge in [0, 0.05) is 17.3 Å². The molecule has 0 unspecified atom stereocenters. The van der Waals surface area contributed by atoms with Crippen LogP contribution in [-0.4, -0.2) is 11.8 Å². The predicted molar refractivity (Wildman–Crippen MR) is 113 cm³/mol. The maximum Gasteiger partial charge on any atom is 0.290 e. The van der Waals surface area contributed by atoms with Crippen molar-refractivity contribution in [3.05, 3.63) is 89.7 Å². The lowest BCUT2D eigenvalue weighted by molar-refractivity contribution is -0.684. The van der Waals surface area contributed by atoms with Crippen molar-refractivity contribution in [2.75, 3.05) is 10.6 Å². The number of benzene rings is 2. The molecule has 3 aromatic rings. The zero-order valence-corrected chi connectivity index (χ0v) is 16.2. The molecule has 1 aliphatic carbocycles. The molecule has 1 aliphatic rings. The number of aromatic nitrogens is 1. The minimum atomic E-state index is -0.256. The lowest BCUT2D eigenvalue weighted by Crippen LogP contribution is -2.40. The van der Waals surface area contributed by atoms with Gasteiger partial charge in [-0.15, -0.1) is 0 Å². The number of pyridine rings is 1. The van der Waals surface area contributed by atoms with Crippen molar-refractivity contribution in [2.24, 2.45) is 0 Å². The Bertz CT molecular complexity index is 1030. The van der Waals surface area contributed by atoms with Crippen molar-refractivity contribution in [2.45, 2.75) is 32.2 Å². The van der Waals surface area contributed by atoms with E-state index in [9.17, 15) is 9.59 Å². The van der Waals surface area contributed by atoms with Crippen molar-refractivity contribution in [3.63, 3.8) is 0 Å². The van der Waals surface area contributed by atoms with E-state index in [1.54, 1.807) is 24.3 Å². The Kier molecular flexibility index (Phi) is 5.66. The molecule has 0 saturated heterocycles. The zero-order chi connectivity index (χ0) is 20.1. The first-order chi connectivity index (χ1) is 14.2. The average Bonchev–Trinajstić information content (AvgIpc) is 2.74. The SMILES string of the molecule is O=C(C[n+]1ccc2c(c1)CCCC2)Nc1ccccc1C(=O)Nc1ccccc1. The fourth-order valence-electron chi connectivity index (χ4n) is 3.68. The van der Waals surface area contributed by atoms with Gasteiger partial charge in [0.2, 0.25) is 6.54 Å². The van der Waals surface area contributed by atoms with Crippen LogP contribution in [0.15, 0.2) is 73.1 Å². The van der Waals surface area contributed by atoms with Gasteiger partial charge in [0.1, 0.15) is 0 Å². The quantitative estimate of drug-likeness (QED) is 0.656. The standard InChI is InChI=1S/C24H23N3O2/c28-23(17-27-15-14-18-8-4-5-9-19(18)16-27)26-22-13-7-6-12-21(22)24(29)25-20-10-2-1-3-11-20/h1-3,6-7,10-16H,4-5,8-9,17H2,(H-,25,26,28,29)/p+1. The number of hydrogen-bond acceptors (Lipinski definition) is 2. The number of fused-ring (bicyclic) bond motifs is 1. The topological polar surface area (TPSA) is 62.1 Å². The summed E-state index contributed by atoms with van der Waals surface area (Å²) in [5, 5.41) is 5.75. The maximum atomic E-state index is 12.7. The number of anilines is 2. The number of carbonyl (C=O) groups excluding carboxylic acids is 2. The molecule has 0 saturated carbocycles. The Morgan fingerprint density at radius 1 is 0.828 bits per heavy atom. The van der Waals surface area contributed by atoms with Crippen LogP contribution in [0.3, 0.4) is 0 Å². The van der Waals surface area contributed by atoms with E-state index in [1.165, 1.54) is 24.0 Å². The molecule has 2 aromatic carbocycles. The summed E-state index contributed by atoms with van der Waals surface area (Å²) >= 11 is 0. The molecule has 5 heteroatoms. The Hall–Kier alpha value is -3.47. The van der Waals surface area contributed by atoms with Gasteiger partial charge in [-0.3, -0.25) is 9.59 Å². The molecular weight excluding hydrogens is 362 g/mol.